The van der Waals surface area contributed by atoms with Crippen LogP contribution >= 0.6 is 11.8 Å². The van der Waals surface area contributed by atoms with Crippen LogP contribution in [0.15, 0.2) is 29.4 Å². The van der Waals surface area contributed by atoms with E-state index in [1.807, 2.05) is 0 Å². The zero-order valence-corrected chi connectivity index (χ0v) is 13.2. The molecule has 3 N–H and O–H groups in total. The van der Waals surface area contributed by atoms with E-state index in [1.165, 1.54) is 23.9 Å². The molecule has 2 aromatic rings. The number of nitrogens with one attached hydrogen (secondary N) is 1. The number of rotatable bonds is 6. The molecule has 1 amide bonds. The molecule has 6 nitrogen and oxygen atoms in total. The molecule has 0 unspecified atom stereocenters. The Labute approximate surface area is 132 Å². The summed E-state index contributed by atoms with van der Waals surface area (Å²) in [4.78, 5) is 12.0. The van der Waals surface area contributed by atoms with Crippen LogP contribution in [0.3, 0.4) is 0 Å². The van der Waals surface area contributed by atoms with Gasteiger partial charge >= 0.3 is 0 Å². The Morgan fingerprint density at radius 1 is 1.41 bits per heavy atom. The number of halogens is 1. The molecule has 8 heteroatoms. The molecule has 2 rings (SSSR count). The van der Waals surface area contributed by atoms with Gasteiger partial charge in [-0.1, -0.05) is 23.9 Å². The molecule has 0 aliphatic rings. The van der Waals surface area contributed by atoms with Crippen molar-refractivity contribution in [2.75, 3.05) is 12.3 Å². The summed E-state index contributed by atoms with van der Waals surface area (Å²) in [7, 11) is 1.75. The molecule has 22 heavy (non-hydrogen) atoms. The van der Waals surface area contributed by atoms with Gasteiger partial charge < -0.3 is 11.1 Å². The van der Waals surface area contributed by atoms with Gasteiger partial charge in [-0.3, -0.25) is 9.36 Å². The van der Waals surface area contributed by atoms with E-state index in [1.54, 1.807) is 30.7 Å². The van der Waals surface area contributed by atoms with Gasteiger partial charge in [0.2, 0.25) is 11.9 Å². The minimum absolute atomic E-state index is 0.0892. The topological polar surface area (TPSA) is 85.8 Å². The van der Waals surface area contributed by atoms with Gasteiger partial charge in [0.1, 0.15) is 5.82 Å². The number of hydrogen-bond acceptors (Lipinski definition) is 5. The molecule has 0 saturated heterocycles. The predicted octanol–water partition coefficient (Wildman–Crippen LogP) is 1.38. The number of anilines is 1. The summed E-state index contributed by atoms with van der Waals surface area (Å²) in [5.41, 5.74) is 6.57. The van der Waals surface area contributed by atoms with Crippen molar-refractivity contribution in [1.82, 2.24) is 20.1 Å². The maximum absolute atomic E-state index is 12.8. The largest absolute Gasteiger partial charge is 0.368 e. The predicted molar refractivity (Wildman–Crippen MR) is 83.8 cm³/mol. The SMILES string of the molecule is C[C@H](Sc1nnc(N)n1C)C(=O)NCCc1ccc(F)cc1. The summed E-state index contributed by atoms with van der Waals surface area (Å²) in [6.07, 6.45) is 0.653. The van der Waals surface area contributed by atoms with Crippen molar-refractivity contribution in [3.63, 3.8) is 0 Å². The average molecular weight is 323 g/mol. The Kier molecular flexibility index (Phi) is 5.37. The Hall–Kier alpha value is -2.09. The standard InChI is InChI=1S/C14H18FN5OS/c1-9(22-14-19-18-13(16)20(14)2)12(21)17-8-7-10-3-5-11(15)6-4-10/h3-6,9H,7-8H2,1-2H3,(H2,16,18)(H,17,21)/t9-/m0/s1. The highest BCUT2D eigenvalue weighted by Gasteiger charge is 2.17. The van der Waals surface area contributed by atoms with Crippen LogP contribution < -0.4 is 11.1 Å². The highest BCUT2D eigenvalue weighted by atomic mass is 32.2. The number of nitrogens with two attached hydrogens (primary N) is 1. The number of nitrogens with zero attached hydrogens (tertiary/aromatic N) is 3. The lowest BCUT2D eigenvalue weighted by Crippen LogP contribution is -2.32. The third-order valence-corrected chi connectivity index (χ3v) is 4.28. The van der Waals surface area contributed by atoms with E-state index in [2.05, 4.69) is 15.5 Å². The summed E-state index contributed by atoms with van der Waals surface area (Å²) >= 11 is 1.30. The second kappa shape index (κ2) is 7.26. The molecule has 0 spiro atoms. The van der Waals surface area contributed by atoms with Gasteiger partial charge in [-0.25, -0.2) is 4.39 Å². The minimum atomic E-state index is -0.310. The van der Waals surface area contributed by atoms with Crippen LogP contribution in [-0.4, -0.2) is 32.5 Å². The van der Waals surface area contributed by atoms with Crippen molar-refractivity contribution in [3.05, 3.63) is 35.6 Å². The monoisotopic (exact) mass is 323 g/mol. The quantitative estimate of drug-likeness (QED) is 0.784. The molecule has 118 valence electrons. The van der Waals surface area contributed by atoms with Gasteiger partial charge in [0.15, 0.2) is 5.16 Å². The maximum Gasteiger partial charge on any atom is 0.233 e. The first-order valence-electron chi connectivity index (χ1n) is 6.81. The van der Waals surface area contributed by atoms with Crippen molar-refractivity contribution >= 4 is 23.6 Å². The molecule has 0 aliphatic heterocycles. The molecule has 0 bridgehead atoms. The molecule has 1 aromatic carbocycles. The summed E-state index contributed by atoms with van der Waals surface area (Å²) in [6, 6.07) is 6.24. The van der Waals surface area contributed by atoms with Crippen molar-refractivity contribution in [1.29, 1.82) is 0 Å². The van der Waals surface area contributed by atoms with E-state index >= 15 is 0 Å². The third-order valence-electron chi connectivity index (χ3n) is 3.15. The lowest BCUT2D eigenvalue weighted by Gasteiger charge is -2.11. The van der Waals surface area contributed by atoms with Crippen LogP contribution in [0.4, 0.5) is 10.3 Å². The number of hydrogen-bond donors (Lipinski definition) is 2. The normalized spacial score (nSPS) is 12.1. The highest BCUT2D eigenvalue weighted by molar-refractivity contribution is 8.00. The second-order valence-electron chi connectivity index (χ2n) is 4.83. The first kappa shape index (κ1) is 16.3. The van der Waals surface area contributed by atoms with Gasteiger partial charge in [0, 0.05) is 13.6 Å². The third kappa shape index (κ3) is 4.20. The Balaban J connectivity index is 1.79. The summed E-state index contributed by atoms with van der Waals surface area (Å²) in [6.45, 7) is 2.29. The number of aromatic nitrogens is 3. The van der Waals surface area contributed by atoms with E-state index in [9.17, 15) is 9.18 Å². The Morgan fingerprint density at radius 3 is 2.68 bits per heavy atom. The average Bonchev–Trinajstić information content (AvgIpc) is 2.81. The highest BCUT2D eigenvalue weighted by Crippen LogP contribution is 2.21. The van der Waals surface area contributed by atoms with Crippen LogP contribution in [0.25, 0.3) is 0 Å². The Morgan fingerprint density at radius 2 is 2.09 bits per heavy atom. The van der Waals surface area contributed by atoms with Crippen molar-refractivity contribution in [2.24, 2.45) is 7.05 Å². The van der Waals surface area contributed by atoms with Crippen LogP contribution in [0.5, 0.6) is 0 Å². The van der Waals surface area contributed by atoms with Gasteiger partial charge in [-0.2, -0.15) is 0 Å². The summed E-state index contributed by atoms with van der Waals surface area (Å²) < 4.78 is 14.4. The van der Waals surface area contributed by atoms with Crippen LogP contribution in [-0.2, 0) is 18.3 Å². The van der Waals surface area contributed by atoms with Gasteiger partial charge in [0.25, 0.3) is 0 Å². The molecule has 0 radical (unpaired) electrons. The molecule has 0 fully saturated rings. The van der Waals surface area contributed by atoms with Crippen molar-refractivity contribution in [3.8, 4) is 0 Å². The molecular formula is C14H18FN5OS. The maximum atomic E-state index is 12.8. The first-order valence-corrected chi connectivity index (χ1v) is 7.69. The molecule has 1 atom stereocenters. The number of thioether (sulfide) groups is 1. The van der Waals surface area contributed by atoms with E-state index in [0.29, 0.717) is 24.1 Å². The fourth-order valence-electron chi connectivity index (χ4n) is 1.77. The molecule has 1 heterocycles. The number of amides is 1. The minimum Gasteiger partial charge on any atom is -0.368 e. The fourth-order valence-corrected chi connectivity index (χ4v) is 2.61. The van der Waals surface area contributed by atoms with Crippen molar-refractivity contribution < 1.29 is 9.18 Å². The number of carbonyl (C=O) groups is 1. The van der Waals surface area contributed by atoms with Gasteiger partial charge in [-0.15, -0.1) is 10.2 Å². The number of carbonyl (C=O) groups excluding carboxylic acids is 1. The zero-order chi connectivity index (χ0) is 16.1. The van der Waals surface area contributed by atoms with Crippen molar-refractivity contribution in [2.45, 2.75) is 23.8 Å². The lowest BCUT2D eigenvalue weighted by atomic mass is 10.1. The van der Waals surface area contributed by atoms with Crippen LogP contribution in [0, 0.1) is 5.82 Å². The smallest absolute Gasteiger partial charge is 0.233 e. The number of nitrogen functional groups attached to an aromatic ring is 1. The van der Waals surface area contributed by atoms with E-state index in [0.717, 1.165) is 5.56 Å². The van der Waals surface area contributed by atoms with Gasteiger partial charge in [-0.05, 0) is 31.0 Å². The second-order valence-corrected chi connectivity index (χ2v) is 6.14. The summed E-state index contributed by atoms with van der Waals surface area (Å²) in [5, 5.41) is 10.8. The number of benzene rings is 1. The molecule has 1 aromatic heterocycles. The van der Waals surface area contributed by atoms with Gasteiger partial charge in [0.05, 0.1) is 5.25 Å². The molecule has 0 saturated carbocycles. The fraction of sp³-hybridized carbons (Fsp3) is 0.357. The van der Waals surface area contributed by atoms with E-state index < -0.39 is 0 Å². The lowest BCUT2D eigenvalue weighted by molar-refractivity contribution is -0.120. The van der Waals surface area contributed by atoms with Crippen LogP contribution in [0.2, 0.25) is 0 Å². The summed E-state index contributed by atoms with van der Waals surface area (Å²) in [5.74, 6) is -0.0409. The molecular weight excluding hydrogens is 305 g/mol. The molecule has 0 aliphatic carbocycles. The zero-order valence-electron chi connectivity index (χ0n) is 12.4. The van der Waals surface area contributed by atoms with E-state index in [4.69, 9.17) is 5.73 Å². The van der Waals surface area contributed by atoms with E-state index in [-0.39, 0.29) is 17.0 Å². The van der Waals surface area contributed by atoms with Crippen LogP contribution in [0.1, 0.15) is 12.5 Å². The Bertz CT molecular complexity index is 643. The first-order chi connectivity index (χ1) is 10.5.